The van der Waals surface area contributed by atoms with Crippen molar-refractivity contribution >= 4 is 11.6 Å². The van der Waals surface area contributed by atoms with Crippen molar-refractivity contribution in [2.45, 2.75) is 0 Å². The third-order valence-electron chi connectivity index (χ3n) is 0.895. The normalized spacial score (nSPS) is 18.8. The van der Waals surface area contributed by atoms with Gasteiger partial charge in [0.2, 0.25) is 0 Å². The molecule has 0 amide bonds. The summed E-state index contributed by atoms with van der Waals surface area (Å²) in [7, 11) is 0. The molecule has 0 spiro atoms. The molecule has 1 N–H and O–H groups in total. The fourth-order valence-corrected chi connectivity index (χ4v) is 0.623. The Morgan fingerprint density at radius 3 is 2.88 bits per heavy atom. The van der Waals surface area contributed by atoms with Gasteiger partial charge in [0.25, 0.3) is 0 Å². The topological polar surface area (TPSA) is 23.5 Å². The van der Waals surface area contributed by atoms with Crippen LogP contribution in [0.1, 0.15) is 0 Å². The van der Waals surface area contributed by atoms with E-state index in [4.69, 9.17) is 16.8 Å². The van der Waals surface area contributed by atoms with Gasteiger partial charge in [-0.05, 0) is 6.08 Å². The van der Waals surface area contributed by atoms with E-state index in [9.17, 15) is 0 Å². The Balaban J connectivity index is 2.66. The molecule has 0 aromatic heterocycles. The van der Waals surface area contributed by atoms with Gasteiger partial charge in [0.1, 0.15) is 5.16 Å². The number of hydrogen-bond acceptors (Lipinski definition) is 2. The number of hydrogen-bond donors (Lipinski definition) is 1. The number of halogens is 1. The zero-order chi connectivity index (χ0) is 5.98. The lowest BCUT2D eigenvalue weighted by Gasteiger charge is -2.14. The highest BCUT2D eigenvalue weighted by molar-refractivity contribution is 6.29. The third kappa shape index (κ3) is 1.02. The number of nitrogens with zero attached hydrogens (tertiary/aromatic N) is 1. The quantitative estimate of drug-likeness (QED) is 0.502. The highest BCUT2D eigenvalue weighted by Crippen LogP contribution is 2.09. The van der Waals surface area contributed by atoms with Gasteiger partial charge in [-0.1, -0.05) is 23.8 Å². The van der Waals surface area contributed by atoms with Crippen molar-refractivity contribution in [2.24, 2.45) is 0 Å². The van der Waals surface area contributed by atoms with Gasteiger partial charge in [0.15, 0.2) is 0 Å². The van der Waals surface area contributed by atoms with Gasteiger partial charge < -0.3 is 0 Å². The maximum atomic E-state index is 8.76. The van der Waals surface area contributed by atoms with Gasteiger partial charge in [0, 0.05) is 0 Å². The van der Waals surface area contributed by atoms with Gasteiger partial charge >= 0.3 is 0 Å². The van der Waals surface area contributed by atoms with Gasteiger partial charge in [0.05, 0.1) is 6.54 Å². The number of allylic oxidation sites excluding steroid dienone is 2. The number of hydroxylamine groups is 2. The first-order valence-corrected chi connectivity index (χ1v) is 2.67. The van der Waals surface area contributed by atoms with E-state index in [1.54, 1.807) is 12.2 Å². The van der Waals surface area contributed by atoms with Crippen LogP contribution in [-0.4, -0.2) is 16.8 Å². The first-order chi connectivity index (χ1) is 3.80. The van der Waals surface area contributed by atoms with E-state index < -0.39 is 0 Å². The highest BCUT2D eigenvalue weighted by atomic mass is 35.5. The molecule has 0 aliphatic carbocycles. The van der Waals surface area contributed by atoms with Gasteiger partial charge in [-0.15, -0.1) is 0 Å². The zero-order valence-electron chi connectivity index (χ0n) is 4.21. The van der Waals surface area contributed by atoms with Crippen LogP contribution in [0, 0.1) is 0 Å². The molecule has 0 aromatic rings. The maximum absolute atomic E-state index is 8.76. The Bertz CT molecular complexity index is 141. The highest BCUT2D eigenvalue weighted by Gasteiger charge is 2.01. The Labute approximate surface area is 52.6 Å². The Hall–Kier alpha value is -0.470. The molecular weight excluding hydrogens is 126 g/mol. The van der Waals surface area contributed by atoms with Crippen LogP contribution in [-0.2, 0) is 0 Å². The molecule has 3 heteroatoms. The minimum absolute atomic E-state index is 0.368. The van der Waals surface area contributed by atoms with E-state index in [0.717, 1.165) is 5.06 Å². The van der Waals surface area contributed by atoms with Crippen LogP contribution < -0.4 is 0 Å². The van der Waals surface area contributed by atoms with E-state index in [1.165, 1.54) is 0 Å². The molecule has 8 heavy (non-hydrogen) atoms. The smallest absolute Gasteiger partial charge is 0.129 e. The van der Waals surface area contributed by atoms with Crippen LogP contribution in [0.5, 0.6) is 0 Å². The van der Waals surface area contributed by atoms with E-state index in [2.05, 4.69) is 0 Å². The summed E-state index contributed by atoms with van der Waals surface area (Å²) in [4.78, 5) is 0. The van der Waals surface area contributed by atoms with Crippen LogP contribution in [0.3, 0.4) is 0 Å². The second-order valence-electron chi connectivity index (χ2n) is 1.50. The summed E-state index contributed by atoms with van der Waals surface area (Å²) in [5, 5.41) is 10.1. The van der Waals surface area contributed by atoms with Crippen LogP contribution >= 0.6 is 11.6 Å². The lowest BCUT2D eigenvalue weighted by atomic mass is 10.4. The molecule has 0 bridgehead atoms. The molecule has 0 fully saturated rings. The Morgan fingerprint density at radius 1 is 1.75 bits per heavy atom. The first kappa shape index (κ1) is 5.66. The molecule has 0 radical (unpaired) electrons. The second-order valence-corrected chi connectivity index (χ2v) is 1.89. The molecular formula is C5H6ClNO. The van der Waals surface area contributed by atoms with Gasteiger partial charge in [-0.25, -0.2) is 5.06 Å². The van der Waals surface area contributed by atoms with Crippen molar-refractivity contribution in [3.05, 3.63) is 23.4 Å². The fourth-order valence-electron chi connectivity index (χ4n) is 0.481. The minimum Gasteiger partial charge on any atom is -0.287 e. The predicted molar refractivity (Wildman–Crippen MR) is 31.6 cm³/mol. The third-order valence-corrected chi connectivity index (χ3v) is 1.22. The van der Waals surface area contributed by atoms with Gasteiger partial charge in [-0.3, -0.25) is 5.21 Å². The summed E-state index contributed by atoms with van der Waals surface area (Å²) in [6, 6.07) is 0. The van der Waals surface area contributed by atoms with Crippen molar-refractivity contribution in [3.63, 3.8) is 0 Å². The van der Waals surface area contributed by atoms with E-state index in [0.29, 0.717) is 11.7 Å². The Morgan fingerprint density at radius 2 is 2.50 bits per heavy atom. The standard InChI is InChI=1S/C5H6ClNO/c6-5-3-1-2-4-7(5)8/h1-3,8H,4H2. The van der Waals surface area contributed by atoms with Crippen molar-refractivity contribution in [2.75, 3.05) is 6.54 Å². The van der Waals surface area contributed by atoms with Gasteiger partial charge in [-0.2, -0.15) is 0 Å². The van der Waals surface area contributed by atoms with Crippen LogP contribution in [0.4, 0.5) is 0 Å². The lowest BCUT2D eigenvalue weighted by molar-refractivity contribution is -0.0361. The van der Waals surface area contributed by atoms with Crippen molar-refractivity contribution in [1.29, 1.82) is 0 Å². The molecule has 0 atom stereocenters. The molecule has 0 saturated carbocycles. The molecule has 0 unspecified atom stereocenters. The van der Waals surface area contributed by atoms with Crippen molar-refractivity contribution < 1.29 is 5.21 Å². The predicted octanol–water partition coefficient (Wildman–Crippen LogP) is 1.33. The summed E-state index contributed by atoms with van der Waals surface area (Å²) in [6.45, 7) is 0.481. The molecule has 0 saturated heterocycles. The second kappa shape index (κ2) is 2.20. The van der Waals surface area contributed by atoms with Crippen LogP contribution in [0.15, 0.2) is 23.4 Å². The summed E-state index contributed by atoms with van der Waals surface area (Å²) >= 11 is 5.45. The summed E-state index contributed by atoms with van der Waals surface area (Å²) < 4.78 is 0. The molecule has 2 nitrogen and oxygen atoms in total. The summed E-state index contributed by atoms with van der Waals surface area (Å²) in [5.41, 5.74) is 0. The SMILES string of the molecule is ON1CC=CC=C1Cl. The zero-order valence-corrected chi connectivity index (χ0v) is 4.97. The van der Waals surface area contributed by atoms with Crippen LogP contribution in [0.25, 0.3) is 0 Å². The number of rotatable bonds is 0. The first-order valence-electron chi connectivity index (χ1n) is 2.29. The average molecular weight is 132 g/mol. The monoisotopic (exact) mass is 131 g/mol. The molecule has 1 rings (SSSR count). The van der Waals surface area contributed by atoms with Crippen LogP contribution in [0.2, 0.25) is 0 Å². The molecule has 44 valence electrons. The van der Waals surface area contributed by atoms with Crippen molar-refractivity contribution in [1.82, 2.24) is 5.06 Å². The Kier molecular flexibility index (Phi) is 1.56. The summed E-state index contributed by atoms with van der Waals surface area (Å²) in [6.07, 6.45) is 5.24. The maximum Gasteiger partial charge on any atom is 0.129 e. The van der Waals surface area contributed by atoms with E-state index in [-0.39, 0.29) is 0 Å². The fraction of sp³-hybridized carbons (Fsp3) is 0.200. The van der Waals surface area contributed by atoms with Crippen molar-refractivity contribution in [3.8, 4) is 0 Å². The summed E-state index contributed by atoms with van der Waals surface area (Å²) in [5.74, 6) is 0. The molecule has 1 aliphatic heterocycles. The van der Waals surface area contributed by atoms with E-state index >= 15 is 0 Å². The molecule has 1 aliphatic rings. The average Bonchev–Trinajstić information content (AvgIpc) is 1.77. The van der Waals surface area contributed by atoms with E-state index in [1.807, 2.05) is 6.08 Å². The molecule has 0 aromatic carbocycles. The minimum atomic E-state index is 0.368. The molecule has 1 heterocycles. The largest absolute Gasteiger partial charge is 0.287 e. The lowest BCUT2D eigenvalue weighted by Crippen LogP contribution is -2.16.